The number of Topliss-reactive ketones (excluding diaryl/α,β-unsaturated/α-hetero) is 1. The summed E-state index contributed by atoms with van der Waals surface area (Å²) in [4.78, 5) is 34.3. The van der Waals surface area contributed by atoms with Crippen LogP contribution in [0.5, 0.6) is 0 Å². The van der Waals surface area contributed by atoms with Crippen LogP contribution in [0.3, 0.4) is 0 Å². The summed E-state index contributed by atoms with van der Waals surface area (Å²) in [5.74, 6) is -0.830. The van der Waals surface area contributed by atoms with Gasteiger partial charge in [0.25, 0.3) is 5.69 Å². The summed E-state index contributed by atoms with van der Waals surface area (Å²) in [7, 11) is -3.71. The Morgan fingerprint density at radius 3 is 2.30 bits per heavy atom. The first kappa shape index (κ1) is 21.6. The van der Waals surface area contributed by atoms with Gasteiger partial charge in [-0.25, -0.2) is 8.42 Å². The van der Waals surface area contributed by atoms with Crippen molar-refractivity contribution in [1.82, 2.24) is 4.31 Å². The molecule has 2 aromatic carbocycles. The summed E-state index contributed by atoms with van der Waals surface area (Å²) in [6, 6.07) is 11.4. The second kappa shape index (κ2) is 8.72. The van der Waals surface area contributed by atoms with E-state index in [2.05, 4.69) is 5.32 Å². The molecule has 1 fully saturated rings. The first-order chi connectivity index (χ1) is 14.2. The summed E-state index contributed by atoms with van der Waals surface area (Å²) in [6.07, 6.45) is 0.678. The molecule has 0 aromatic heterocycles. The number of hydrogen-bond donors (Lipinski definition) is 1. The van der Waals surface area contributed by atoms with Crippen LogP contribution >= 0.6 is 0 Å². The van der Waals surface area contributed by atoms with Crippen LogP contribution in [-0.2, 0) is 14.8 Å². The highest BCUT2D eigenvalue weighted by molar-refractivity contribution is 7.89. The van der Waals surface area contributed by atoms with E-state index in [-0.39, 0.29) is 35.4 Å². The van der Waals surface area contributed by atoms with E-state index in [0.29, 0.717) is 24.1 Å². The van der Waals surface area contributed by atoms with Crippen LogP contribution in [0.2, 0.25) is 0 Å². The second-order valence-corrected chi connectivity index (χ2v) is 8.99. The van der Waals surface area contributed by atoms with E-state index in [1.165, 1.54) is 53.7 Å². The normalized spacial score (nSPS) is 15.5. The minimum atomic E-state index is -3.71. The molecule has 1 saturated heterocycles. The summed E-state index contributed by atoms with van der Waals surface area (Å²) in [5, 5.41) is 13.5. The summed E-state index contributed by atoms with van der Waals surface area (Å²) in [6.45, 7) is 1.78. The third-order valence-electron chi connectivity index (χ3n) is 5.05. The maximum absolute atomic E-state index is 12.8. The Bertz CT molecular complexity index is 1070. The SMILES string of the molecule is CC(=O)c1ccc(S(=O)(=O)N2CCC(C(=O)Nc3cccc([N+](=O)[O-])c3)CC2)cc1. The lowest BCUT2D eigenvalue weighted by molar-refractivity contribution is -0.384. The zero-order chi connectivity index (χ0) is 21.9. The van der Waals surface area contributed by atoms with Gasteiger partial charge in [-0.05, 0) is 38.0 Å². The van der Waals surface area contributed by atoms with Gasteiger partial charge in [0.1, 0.15) is 0 Å². The van der Waals surface area contributed by atoms with Crippen LogP contribution in [0, 0.1) is 16.0 Å². The van der Waals surface area contributed by atoms with E-state index < -0.39 is 20.9 Å². The third-order valence-corrected chi connectivity index (χ3v) is 6.96. The number of rotatable bonds is 6. The van der Waals surface area contributed by atoms with Gasteiger partial charge in [-0.2, -0.15) is 4.31 Å². The van der Waals surface area contributed by atoms with E-state index in [0.717, 1.165) is 0 Å². The fraction of sp³-hybridized carbons (Fsp3) is 0.300. The van der Waals surface area contributed by atoms with E-state index in [1.54, 1.807) is 6.07 Å². The summed E-state index contributed by atoms with van der Waals surface area (Å²) < 4.78 is 27.0. The maximum Gasteiger partial charge on any atom is 0.271 e. The average Bonchev–Trinajstić information content (AvgIpc) is 2.74. The van der Waals surface area contributed by atoms with Crippen molar-refractivity contribution in [1.29, 1.82) is 0 Å². The van der Waals surface area contributed by atoms with Crippen LogP contribution < -0.4 is 5.32 Å². The number of piperidine rings is 1. The van der Waals surface area contributed by atoms with Crippen LogP contribution in [0.25, 0.3) is 0 Å². The van der Waals surface area contributed by atoms with Crippen molar-refractivity contribution < 1.29 is 22.9 Å². The van der Waals surface area contributed by atoms with Crippen molar-refractivity contribution in [2.45, 2.75) is 24.7 Å². The summed E-state index contributed by atoms with van der Waals surface area (Å²) in [5.41, 5.74) is 0.643. The summed E-state index contributed by atoms with van der Waals surface area (Å²) >= 11 is 0. The predicted molar refractivity (Wildman–Crippen MR) is 110 cm³/mol. The molecule has 0 radical (unpaired) electrons. The number of amides is 1. The van der Waals surface area contributed by atoms with E-state index in [4.69, 9.17) is 0 Å². The van der Waals surface area contributed by atoms with E-state index in [1.807, 2.05) is 0 Å². The first-order valence-corrected chi connectivity index (χ1v) is 10.8. The topological polar surface area (TPSA) is 127 Å². The molecule has 30 heavy (non-hydrogen) atoms. The molecular weight excluding hydrogens is 410 g/mol. The zero-order valence-electron chi connectivity index (χ0n) is 16.3. The Morgan fingerprint density at radius 1 is 1.10 bits per heavy atom. The first-order valence-electron chi connectivity index (χ1n) is 9.35. The number of nitro groups is 1. The molecule has 1 aliphatic heterocycles. The number of carbonyl (C=O) groups is 2. The molecule has 0 unspecified atom stereocenters. The van der Waals surface area contributed by atoms with Gasteiger partial charge in [-0.3, -0.25) is 19.7 Å². The Balaban J connectivity index is 1.62. The minimum Gasteiger partial charge on any atom is -0.326 e. The number of nitro benzene ring substituents is 1. The highest BCUT2D eigenvalue weighted by Crippen LogP contribution is 2.26. The van der Waals surface area contributed by atoms with Crippen molar-refractivity contribution in [3.05, 3.63) is 64.2 Å². The molecule has 9 nitrogen and oxygen atoms in total. The van der Waals surface area contributed by atoms with Gasteiger partial charge < -0.3 is 5.32 Å². The standard InChI is InChI=1S/C20H21N3O6S/c1-14(24)15-5-7-19(8-6-15)30(28,29)22-11-9-16(10-12-22)20(25)21-17-3-2-4-18(13-17)23(26)27/h2-8,13,16H,9-12H2,1H3,(H,21,25). The number of nitrogens with one attached hydrogen (secondary N) is 1. The van der Waals surface area contributed by atoms with Crippen LogP contribution in [-0.4, -0.2) is 42.4 Å². The number of nitrogens with zero attached hydrogens (tertiary/aromatic N) is 2. The van der Waals surface area contributed by atoms with Gasteiger partial charge >= 0.3 is 0 Å². The van der Waals surface area contributed by atoms with Gasteiger partial charge in [-0.15, -0.1) is 0 Å². The molecule has 1 amide bonds. The lowest BCUT2D eigenvalue weighted by Gasteiger charge is -2.30. The van der Waals surface area contributed by atoms with Crippen LogP contribution in [0.1, 0.15) is 30.1 Å². The van der Waals surface area contributed by atoms with Crippen molar-refractivity contribution >= 4 is 33.1 Å². The highest BCUT2D eigenvalue weighted by Gasteiger charge is 2.32. The molecule has 0 atom stereocenters. The number of sulfonamides is 1. The Labute approximate surface area is 173 Å². The van der Waals surface area contributed by atoms with Gasteiger partial charge in [0, 0.05) is 42.4 Å². The quantitative estimate of drug-likeness (QED) is 0.426. The molecule has 0 bridgehead atoms. The molecule has 1 aliphatic rings. The average molecular weight is 431 g/mol. The molecule has 1 N–H and O–H groups in total. The van der Waals surface area contributed by atoms with E-state index in [9.17, 15) is 28.1 Å². The maximum atomic E-state index is 12.8. The molecule has 0 saturated carbocycles. The number of anilines is 1. The molecule has 10 heteroatoms. The largest absolute Gasteiger partial charge is 0.326 e. The predicted octanol–water partition coefficient (Wildman–Crippen LogP) is 2.84. The Hall–Kier alpha value is -3.11. The Kier molecular flexibility index (Phi) is 6.28. The lowest BCUT2D eigenvalue weighted by atomic mass is 9.97. The van der Waals surface area contributed by atoms with Crippen LogP contribution in [0.4, 0.5) is 11.4 Å². The molecule has 2 aromatic rings. The molecule has 158 valence electrons. The third kappa shape index (κ3) is 4.71. The van der Waals surface area contributed by atoms with Crippen molar-refractivity contribution in [3.63, 3.8) is 0 Å². The van der Waals surface area contributed by atoms with Gasteiger partial charge in [0.05, 0.1) is 9.82 Å². The number of hydrogen-bond acceptors (Lipinski definition) is 6. The number of non-ortho nitro benzene ring substituents is 1. The van der Waals surface area contributed by atoms with Crippen molar-refractivity contribution in [2.24, 2.45) is 5.92 Å². The minimum absolute atomic E-state index is 0.104. The fourth-order valence-corrected chi connectivity index (χ4v) is 4.78. The van der Waals surface area contributed by atoms with Crippen molar-refractivity contribution in [3.8, 4) is 0 Å². The number of benzene rings is 2. The van der Waals surface area contributed by atoms with Crippen molar-refractivity contribution in [2.75, 3.05) is 18.4 Å². The molecule has 3 rings (SSSR count). The molecule has 0 spiro atoms. The van der Waals surface area contributed by atoms with Gasteiger partial charge in [0.15, 0.2) is 5.78 Å². The molecular formula is C20H21N3O6S. The number of ketones is 1. The fourth-order valence-electron chi connectivity index (χ4n) is 3.31. The highest BCUT2D eigenvalue weighted by atomic mass is 32.2. The van der Waals surface area contributed by atoms with Gasteiger partial charge in [0.2, 0.25) is 15.9 Å². The zero-order valence-corrected chi connectivity index (χ0v) is 17.1. The Morgan fingerprint density at radius 2 is 1.73 bits per heavy atom. The van der Waals surface area contributed by atoms with Gasteiger partial charge in [-0.1, -0.05) is 18.2 Å². The molecule has 1 heterocycles. The van der Waals surface area contributed by atoms with Crippen LogP contribution in [0.15, 0.2) is 53.4 Å². The lowest BCUT2D eigenvalue weighted by Crippen LogP contribution is -2.41. The smallest absolute Gasteiger partial charge is 0.271 e. The monoisotopic (exact) mass is 431 g/mol. The second-order valence-electron chi connectivity index (χ2n) is 7.06. The van der Waals surface area contributed by atoms with E-state index >= 15 is 0 Å². The number of carbonyl (C=O) groups excluding carboxylic acids is 2. The molecule has 0 aliphatic carbocycles.